The Hall–Kier alpha value is 1.56. The fraction of sp³-hybridized carbons (Fsp3) is 1.00. The first-order valence-corrected chi connectivity index (χ1v) is 1.39. The van der Waals surface area contributed by atoms with Crippen LogP contribution in [0.15, 0.2) is 0 Å². The van der Waals surface area contributed by atoms with Crippen molar-refractivity contribution >= 4 is 0 Å². The second-order valence-corrected chi connectivity index (χ2v) is 0.695. The van der Waals surface area contributed by atoms with Gasteiger partial charge in [0.2, 0.25) is 0 Å². The van der Waals surface area contributed by atoms with Gasteiger partial charge in [0, 0.05) is 14.2 Å². The van der Waals surface area contributed by atoms with Gasteiger partial charge < -0.3 is 10.9 Å². The Morgan fingerprint density at radius 1 is 1.33 bits per heavy atom. The summed E-state index contributed by atoms with van der Waals surface area (Å²) in [5.41, 5.74) is 0. The van der Waals surface area contributed by atoms with Crippen molar-refractivity contribution in [3.8, 4) is 0 Å². The van der Waals surface area contributed by atoms with Crippen LogP contribution in [0.1, 0.15) is 1.43 Å². The van der Waals surface area contributed by atoms with E-state index in [0.29, 0.717) is 6.79 Å². The average Bonchev–Trinajstić information content (AvgIpc) is 1.41. The minimum absolute atomic E-state index is 0. The van der Waals surface area contributed by atoms with Crippen LogP contribution in [0.25, 0.3) is 0 Å². The van der Waals surface area contributed by atoms with Gasteiger partial charge in [-0.3, -0.25) is 0 Å². The monoisotopic (exact) mass is 116 g/mol. The van der Waals surface area contributed by atoms with Gasteiger partial charge >= 0.3 is 51.4 Å². The van der Waals surface area contributed by atoms with Crippen LogP contribution in [0.4, 0.5) is 0 Å². The molecule has 0 atom stereocenters. The van der Waals surface area contributed by atoms with Crippen LogP contribution in [-0.4, -0.2) is 21.0 Å². The Bertz CT molecular complexity index is 20.4. The predicted molar refractivity (Wildman–Crippen MR) is 20.0 cm³/mol. The predicted octanol–water partition coefficient (Wildman–Crippen LogP) is -2.65. The minimum Gasteiger partial charge on any atom is -1.00 e. The van der Waals surface area contributed by atoms with Crippen molar-refractivity contribution in [1.29, 1.82) is 0 Å². The standard InChI is InChI=1S/C3H8O2.K.H/c1-4-3-5-2;;/h3H2,1-2H3;;/q;+1;-1. The van der Waals surface area contributed by atoms with Gasteiger partial charge in [-0.05, 0) is 0 Å². The molecule has 0 spiro atoms. The molecule has 0 saturated carbocycles. The summed E-state index contributed by atoms with van der Waals surface area (Å²) in [7, 11) is 3.17. The van der Waals surface area contributed by atoms with E-state index in [4.69, 9.17) is 0 Å². The fourth-order valence-electron chi connectivity index (χ4n) is 0.118. The van der Waals surface area contributed by atoms with Crippen LogP contribution in [-0.2, 0) is 9.47 Å². The van der Waals surface area contributed by atoms with Gasteiger partial charge in [0.25, 0.3) is 0 Å². The third kappa shape index (κ3) is 9.12. The maximum atomic E-state index is 4.47. The fourth-order valence-corrected chi connectivity index (χ4v) is 0.118. The summed E-state index contributed by atoms with van der Waals surface area (Å²) in [6.07, 6.45) is 0. The molecule has 0 N–H and O–H groups in total. The Morgan fingerprint density at radius 2 is 1.67 bits per heavy atom. The Labute approximate surface area is 82.1 Å². The summed E-state index contributed by atoms with van der Waals surface area (Å²) >= 11 is 0. The SMILES string of the molecule is COCOC.[H-].[K+]. The molecule has 0 saturated heterocycles. The molecule has 0 bridgehead atoms. The number of hydrogen-bond donors (Lipinski definition) is 0. The molecule has 0 rings (SSSR count). The molecule has 0 aromatic rings. The molecule has 0 radical (unpaired) electrons. The maximum absolute atomic E-state index is 4.47. The van der Waals surface area contributed by atoms with Crippen molar-refractivity contribution in [3.05, 3.63) is 0 Å². The molecule has 3 heteroatoms. The van der Waals surface area contributed by atoms with Gasteiger partial charge in [-0.25, -0.2) is 0 Å². The normalized spacial score (nSPS) is 7.00. The molecule has 0 aromatic heterocycles. The molecular formula is C3H9KO2. The van der Waals surface area contributed by atoms with E-state index in [-0.39, 0.29) is 52.8 Å². The van der Waals surface area contributed by atoms with Crippen molar-refractivity contribution in [3.63, 3.8) is 0 Å². The second kappa shape index (κ2) is 9.75. The number of methoxy groups -OCH3 is 2. The smallest absolute Gasteiger partial charge is 1.00 e. The first-order valence-electron chi connectivity index (χ1n) is 1.39. The van der Waals surface area contributed by atoms with Crippen molar-refractivity contribution < 1.29 is 62.3 Å². The number of ether oxygens (including phenoxy) is 2. The number of hydrogen-bond acceptors (Lipinski definition) is 2. The van der Waals surface area contributed by atoms with Crippen molar-refractivity contribution in [2.24, 2.45) is 0 Å². The summed E-state index contributed by atoms with van der Waals surface area (Å²) in [5.74, 6) is 0. The largest absolute Gasteiger partial charge is 1.00 e. The van der Waals surface area contributed by atoms with Crippen molar-refractivity contribution in [2.75, 3.05) is 21.0 Å². The van der Waals surface area contributed by atoms with E-state index in [1.54, 1.807) is 14.2 Å². The summed E-state index contributed by atoms with van der Waals surface area (Å²) < 4.78 is 8.94. The van der Waals surface area contributed by atoms with E-state index in [9.17, 15) is 0 Å². The molecule has 0 heterocycles. The van der Waals surface area contributed by atoms with E-state index < -0.39 is 0 Å². The van der Waals surface area contributed by atoms with E-state index in [2.05, 4.69) is 9.47 Å². The molecule has 6 heavy (non-hydrogen) atoms. The summed E-state index contributed by atoms with van der Waals surface area (Å²) in [5, 5.41) is 0. The van der Waals surface area contributed by atoms with E-state index in [1.807, 2.05) is 0 Å². The van der Waals surface area contributed by atoms with Crippen molar-refractivity contribution in [2.45, 2.75) is 0 Å². The zero-order valence-corrected chi connectivity index (χ0v) is 7.65. The molecule has 0 aromatic carbocycles. The van der Waals surface area contributed by atoms with Gasteiger partial charge in [-0.1, -0.05) is 0 Å². The Balaban J connectivity index is -0.0000000800. The van der Waals surface area contributed by atoms with Crippen LogP contribution in [0.2, 0.25) is 0 Å². The van der Waals surface area contributed by atoms with E-state index in [0.717, 1.165) is 0 Å². The van der Waals surface area contributed by atoms with Gasteiger partial charge in [0.05, 0.1) is 0 Å². The first kappa shape index (κ1) is 10.5. The summed E-state index contributed by atoms with van der Waals surface area (Å²) in [6, 6.07) is 0. The Kier molecular flexibility index (Phi) is 17.1. The van der Waals surface area contributed by atoms with E-state index >= 15 is 0 Å². The molecule has 34 valence electrons. The maximum Gasteiger partial charge on any atom is 1.00 e. The van der Waals surface area contributed by atoms with Gasteiger partial charge in [-0.2, -0.15) is 0 Å². The quantitative estimate of drug-likeness (QED) is 0.290. The molecule has 0 aliphatic carbocycles. The number of rotatable bonds is 2. The first-order chi connectivity index (χ1) is 2.41. The molecule has 2 nitrogen and oxygen atoms in total. The average molecular weight is 116 g/mol. The third-order valence-corrected chi connectivity index (χ3v) is 0.236. The van der Waals surface area contributed by atoms with Crippen LogP contribution in [0, 0.1) is 0 Å². The summed E-state index contributed by atoms with van der Waals surface area (Å²) in [4.78, 5) is 0. The third-order valence-electron chi connectivity index (χ3n) is 0.236. The molecule has 0 unspecified atom stereocenters. The zero-order valence-electron chi connectivity index (χ0n) is 5.52. The van der Waals surface area contributed by atoms with E-state index in [1.165, 1.54) is 0 Å². The van der Waals surface area contributed by atoms with Crippen LogP contribution in [0.3, 0.4) is 0 Å². The second-order valence-electron chi connectivity index (χ2n) is 0.695. The molecular weight excluding hydrogens is 107 g/mol. The van der Waals surface area contributed by atoms with Crippen molar-refractivity contribution in [1.82, 2.24) is 0 Å². The molecule has 0 amide bonds. The van der Waals surface area contributed by atoms with Gasteiger partial charge in [0.15, 0.2) is 0 Å². The van der Waals surface area contributed by atoms with Crippen LogP contribution >= 0.6 is 0 Å². The van der Waals surface area contributed by atoms with Gasteiger partial charge in [-0.15, -0.1) is 0 Å². The van der Waals surface area contributed by atoms with Crippen LogP contribution < -0.4 is 51.4 Å². The van der Waals surface area contributed by atoms with Gasteiger partial charge in [0.1, 0.15) is 6.79 Å². The zero-order chi connectivity index (χ0) is 4.12. The molecule has 0 fully saturated rings. The topological polar surface area (TPSA) is 18.5 Å². The molecule has 0 aliphatic heterocycles. The van der Waals surface area contributed by atoms with Crippen LogP contribution in [0.5, 0.6) is 0 Å². The minimum atomic E-state index is 0. The molecule has 0 aliphatic rings. The Morgan fingerprint density at radius 3 is 1.67 bits per heavy atom. The summed E-state index contributed by atoms with van der Waals surface area (Å²) in [6.45, 7) is 0.389.